The zero-order chi connectivity index (χ0) is 15.0. The van der Waals surface area contributed by atoms with Crippen LogP contribution in [0.5, 0.6) is 5.75 Å². The van der Waals surface area contributed by atoms with Crippen molar-refractivity contribution in [3.8, 4) is 5.75 Å². The van der Waals surface area contributed by atoms with Crippen LogP contribution in [0.15, 0.2) is 24.3 Å². The summed E-state index contributed by atoms with van der Waals surface area (Å²) in [4.78, 5) is 11.7. The number of carbonyl (C=O) groups excluding carboxylic acids is 1. The first-order valence-corrected chi connectivity index (χ1v) is 6.90. The monoisotopic (exact) mass is 286 g/mol. The van der Waals surface area contributed by atoms with E-state index in [1.165, 1.54) is 4.68 Å². The van der Waals surface area contributed by atoms with E-state index in [2.05, 4.69) is 5.10 Å². The highest BCUT2D eigenvalue weighted by atomic mass is 16.5. The predicted octanol–water partition coefficient (Wildman–Crippen LogP) is 1.21. The number of para-hydroxylation sites is 1. The number of amides is 1. The highest BCUT2D eigenvalue weighted by Crippen LogP contribution is 2.34. The average Bonchev–Trinajstić information content (AvgIpc) is 2.64. The second-order valence-electron chi connectivity index (χ2n) is 5.28. The Morgan fingerprint density at radius 2 is 2.19 bits per heavy atom. The number of aryl methyl sites for hydroxylation is 1. The van der Waals surface area contributed by atoms with Crippen molar-refractivity contribution in [2.45, 2.75) is 18.8 Å². The van der Waals surface area contributed by atoms with Gasteiger partial charge in [0.1, 0.15) is 17.1 Å². The second-order valence-corrected chi connectivity index (χ2v) is 5.28. The second kappa shape index (κ2) is 5.12. The Kier molecular flexibility index (Phi) is 3.29. The number of nitrogens with two attached hydrogens (primary N) is 2. The molecule has 0 radical (unpaired) electrons. The lowest BCUT2D eigenvalue weighted by Crippen LogP contribution is -2.17. The van der Waals surface area contributed by atoms with Crippen molar-refractivity contribution in [3.63, 3.8) is 0 Å². The van der Waals surface area contributed by atoms with Gasteiger partial charge in [0, 0.05) is 13.0 Å². The minimum atomic E-state index is -0.533. The van der Waals surface area contributed by atoms with Crippen molar-refractivity contribution in [3.05, 3.63) is 41.1 Å². The molecule has 0 spiro atoms. The maximum Gasteiger partial charge on any atom is 0.254 e. The first-order chi connectivity index (χ1) is 10.1. The van der Waals surface area contributed by atoms with Gasteiger partial charge < -0.3 is 16.2 Å². The first-order valence-electron chi connectivity index (χ1n) is 6.90. The van der Waals surface area contributed by atoms with E-state index in [4.69, 9.17) is 16.2 Å². The van der Waals surface area contributed by atoms with Gasteiger partial charge in [0.2, 0.25) is 0 Å². The molecule has 0 aliphatic carbocycles. The van der Waals surface area contributed by atoms with Crippen molar-refractivity contribution in [1.82, 2.24) is 9.78 Å². The van der Waals surface area contributed by atoms with Crippen molar-refractivity contribution in [2.75, 3.05) is 12.3 Å². The summed E-state index contributed by atoms with van der Waals surface area (Å²) in [6.07, 6.45) is 1.53. The Morgan fingerprint density at radius 1 is 1.43 bits per heavy atom. The largest absolute Gasteiger partial charge is 0.493 e. The summed E-state index contributed by atoms with van der Waals surface area (Å²) in [6, 6.07) is 7.92. The molecule has 3 rings (SSSR count). The lowest BCUT2D eigenvalue weighted by molar-refractivity contribution is 0.0999. The smallest absolute Gasteiger partial charge is 0.254 e. The number of hydrogen-bond donors (Lipinski definition) is 2. The summed E-state index contributed by atoms with van der Waals surface area (Å²) < 4.78 is 7.26. The third kappa shape index (κ3) is 2.33. The van der Waals surface area contributed by atoms with Crippen LogP contribution in [-0.2, 0) is 13.5 Å². The summed E-state index contributed by atoms with van der Waals surface area (Å²) in [5.41, 5.74) is 13.5. The lowest BCUT2D eigenvalue weighted by Gasteiger charge is -2.12. The number of anilines is 1. The number of hydrogen-bond acceptors (Lipinski definition) is 4. The lowest BCUT2D eigenvalue weighted by atomic mass is 9.91. The maximum absolute atomic E-state index is 11.7. The standard InChI is InChI=1S/C15H18N4O2/c1-19-14(16)12(15(17)20)13(18-19)10-6-7-21-11-5-3-2-4-9(11)8-10/h2-5,10H,6-8,16H2,1H3,(H2,17,20). The van der Waals surface area contributed by atoms with Crippen LogP contribution < -0.4 is 16.2 Å². The van der Waals surface area contributed by atoms with E-state index < -0.39 is 5.91 Å². The third-order valence-electron chi connectivity index (χ3n) is 3.91. The van der Waals surface area contributed by atoms with Gasteiger partial charge in [-0.3, -0.25) is 9.48 Å². The fourth-order valence-corrected chi connectivity index (χ4v) is 2.82. The number of nitrogen functional groups attached to an aromatic ring is 1. The van der Waals surface area contributed by atoms with Gasteiger partial charge in [0.05, 0.1) is 12.3 Å². The Balaban J connectivity index is 2.02. The van der Waals surface area contributed by atoms with Crippen LogP contribution in [0.25, 0.3) is 0 Å². The minimum Gasteiger partial charge on any atom is -0.493 e. The Hall–Kier alpha value is -2.50. The molecule has 6 nitrogen and oxygen atoms in total. The fourth-order valence-electron chi connectivity index (χ4n) is 2.82. The zero-order valence-electron chi connectivity index (χ0n) is 11.9. The molecule has 1 amide bonds. The minimum absolute atomic E-state index is 0.0691. The molecule has 2 aromatic rings. The van der Waals surface area contributed by atoms with Gasteiger partial charge in [-0.2, -0.15) is 5.10 Å². The van der Waals surface area contributed by atoms with E-state index in [1.807, 2.05) is 24.3 Å². The molecule has 2 heterocycles. The molecule has 1 unspecified atom stereocenters. The van der Waals surface area contributed by atoms with Crippen LogP contribution in [-0.4, -0.2) is 22.3 Å². The zero-order valence-corrected chi connectivity index (χ0v) is 11.9. The van der Waals surface area contributed by atoms with Gasteiger partial charge in [-0.25, -0.2) is 0 Å². The number of fused-ring (bicyclic) bond motifs is 1. The number of rotatable bonds is 2. The highest BCUT2D eigenvalue weighted by molar-refractivity contribution is 5.98. The highest BCUT2D eigenvalue weighted by Gasteiger charge is 2.28. The SMILES string of the molecule is Cn1nc(C2CCOc3ccccc3C2)c(C(N)=O)c1N. The Morgan fingerprint density at radius 3 is 2.95 bits per heavy atom. The average molecular weight is 286 g/mol. The molecular formula is C15H18N4O2. The molecule has 21 heavy (non-hydrogen) atoms. The molecule has 110 valence electrons. The normalized spacial score (nSPS) is 17.7. The quantitative estimate of drug-likeness (QED) is 0.867. The predicted molar refractivity (Wildman–Crippen MR) is 79.1 cm³/mol. The van der Waals surface area contributed by atoms with E-state index in [0.29, 0.717) is 23.7 Å². The third-order valence-corrected chi connectivity index (χ3v) is 3.91. The number of primary amides is 1. The fraction of sp³-hybridized carbons (Fsp3) is 0.333. The molecule has 1 aliphatic rings. The molecule has 1 aliphatic heterocycles. The van der Waals surface area contributed by atoms with Crippen molar-refractivity contribution in [1.29, 1.82) is 0 Å². The van der Waals surface area contributed by atoms with E-state index in [9.17, 15) is 4.79 Å². The van der Waals surface area contributed by atoms with Gasteiger partial charge >= 0.3 is 0 Å². The number of carbonyl (C=O) groups is 1. The summed E-state index contributed by atoms with van der Waals surface area (Å²) in [6.45, 7) is 0.580. The van der Waals surface area contributed by atoms with Crippen LogP contribution in [0.2, 0.25) is 0 Å². The number of benzene rings is 1. The van der Waals surface area contributed by atoms with Crippen molar-refractivity contribution in [2.24, 2.45) is 12.8 Å². The molecule has 1 atom stereocenters. The number of aromatic nitrogens is 2. The Bertz CT molecular complexity index is 693. The number of nitrogens with zero attached hydrogens (tertiary/aromatic N) is 2. The van der Waals surface area contributed by atoms with Gasteiger partial charge in [0.15, 0.2) is 0 Å². The van der Waals surface area contributed by atoms with Crippen LogP contribution >= 0.6 is 0 Å². The molecule has 1 aromatic carbocycles. The summed E-state index contributed by atoms with van der Waals surface area (Å²) >= 11 is 0. The molecule has 0 saturated carbocycles. The van der Waals surface area contributed by atoms with E-state index in [-0.39, 0.29) is 5.92 Å². The molecule has 0 fully saturated rings. The topological polar surface area (TPSA) is 96.2 Å². The molecule has 4 N–H and O–H groups in total. The van der Waals surface area contributed by atoms with Crippen LogP contribution in [0, 0.1) is 0 Å². The van der Waals surface area contributed by atoms with Crippen molar-refractivity contribution < 1.29 is 9.53 Å². The number of ether oxygens (including phenoxy) is 1. The van der Waals surface area contributed by atoms with Gasteiger partial charge in [-0.1, -0.05) is 18.2 Å². The molecule has 0 bridgehead atoms. The Labute approximate surface area is 122 Å². The van der Waals surface area contributed by atoms with Crippen LogP contribution in [0.4, 0.5) is 5.82 Å². The summed E-state index contributed by atoms with van der Waals surface area (Å²) in [5, 5.41) is 4.40. The van der Waals surface area contributed by atoms with E-state index in [1.54, 1.807) is 7.05 Å². The van der Waals surface area contributed by atoms with Crippen molar-refractivity contribution >= 4 is 11.7 Å². The summed E-state index contributed by atoms with van der Waals surface area (Å²) in [7, 11) is 1.71. The van der Waals surface area contributed by atoms with Crippen LogP contribution in [0.3, 0.4) is 0 Å². The van der Waals surface area contributed by atoms with Crippen LogP contribution in [0.1, 0.15) is 34.0 Å². The molecule has 0 saturated heterocycles. The molecular weight excluding hydrogens is 268 g/mol. The maximum atomic E-state index is 11.7. The first kappa shape index (κ1) is 13.5. The van der Waals surface area contributed by atoms with Gasteiger partial charge in [-0.15, -0.1) is 0 Å². The molecule has 1 aromatic heterocycles. The van der Waals surface area contributed by atoms with Gasteiger partial charge in [0.25, 0.3) is 5.91 Å². The van der Waals surface area contributed by atoms with E-state index in [0.717, 1.165) is 24.2 Å². The van der Waals surface area contributed by atoms with E-state index >= 15 is 0 Å². The molecule has 6 heteroatoms. The summed E-state index contributed by atoms with van der Waals surface area (Å²) in [5.74, 6) is 0.745. The van der Waals surface area contributed by atoms with Gasteiger partial charge in [-0.05, 0) is 24.5 Å².